The number of rotatable bonds is 3. The largest absolute Gasteiger partial charge is 0.296 e. The monoisotopic (exact) mass is 256 g/mol. The molecule has 2 rings (SSSR count). The summed E-state index contributed by atoms with van der Waals surface area (Å²) in [6.45, 7) is 2.18. The van der Waals surface area contributed by atoms with E-state index in [9.17, 15) is 8.42 Å². The minimum Gasteiger partial charge on any atom is -0.296 e. The molecular weight excluding hydrogens is 244 g/mol. The van der Waals surface area contributed by atoms with Gasteiger partial charge in [-0.25, -0.2) is 13.6 Å². The lowest BCUT2D eigenvalue weighted by Gasteiger charge is -2.03. The van der Waals surface area contributed by atoms with Gasteiger partial charge < -0.3 is 0 Å². The van der Waals surface area contributed by atoms with E-state index in [4.69, 9.17) is 5.14 Å². The van der Waals surface area contributed by atoms with Gasteiger partial charge in [-0.15, -0.1) is 10.2 Å². The van der Waals surface area contributed by atoms with Crippen LogP contribution in [0.4, 0.5) is 0 Å². The predicted molar refractivity (Wildman–Crippen MR) is 59.3 cm³/mol. The van der Waals surface area contributed by atoms with Gasteiger partial charge in [0.15, 0.2) is 5.82 Å². The van der Waals surface area contributed by atoms with E-state index in [2.05, 4.69) is 15.3 Å². The third kappa shape index (κ3) is 2.06. The Morgan fingerprint density at radius 2 is 2.12 bits per heavy atom. The van der Waals surface area contributed by atoms with Crippen molar-refractivity contribution in [3.8, 4) is 11.5 Å². The summed E-state index contributed by atoms with van der Waals surface area (Å²) in [6.07, 6.45) is 1.74. The van der Waals surface area contributed by atoms with Gasteiger partial charge in [0, 0.05) is 19.8 Å². The Bertz CT molecular complexity index is 641. The van der Waals surface area contributed by atoms with Crippen molar-refractivity contribution in [3.63, 3.8) is 0 Å². The highest BCUT2D eigenvalue weighted by molar-refractivity contribution is 7.89. The first-order valence-electron chi connectivity index (χ1n) is 4.89. The van der Waals surface area contributed by atoms with Crippen molar-refractivity contribution < 1.29 is 8.42 Å². The molecule has 0 bridgehead atoms. The van der Waals surface area contributed by atoms with E-state index >= 15 is 0 Å². The van der Waals surface area contributed by atoms with Crippen molar-refractivity contribution >= 4 is 10.0 Å². The Hall–Kier alpha value is -1.74. The first-order valence-corrected chi connectivity index (χ1v) is 6.44. The quantitative estimate of drug-likeness (QED) is 0.784. The van der Waals surface area contributed by atoms with Crippen molar-refractivity contribution in [1.29, 1.82) is 0 Å². The van der Waals surface area contributed by atoms with Crippen LogP contribution in [0.5, 0.6) is 0 Å². The van der Waals surface area contributed by atoms with Crippen LogP contribution < -0.4 is 5.14 Å². The van der Waals surface area contributed by atoms with Crippen molar-refractivity contribution in [1.82, 2.24) is 24.5 Å². The van der Waals surface area contributed by atoms with E-state index < -0.39 is 10.0 Å². The summed E-state index contributed by atoms with van der Waals surface area (Å²) < 4.78 is 25.6. The number of aromatic nitrogens is 5. The summed E-state index contributed by atoms with van der Waals surface area (Å²) in [5, 5.41) is 16.4. The lowest BCUT2D eigenvalue weighted by Crippen LogP contribution is -2.18. The fraction of sp³-hybridized carbons (Fsp3) is 0.375. The summed E-state index contributed by atoms with van der Waals surface area (Å²) in [7, 11) is -2.11. The Balaban J connectivity index is 2.61. The third-order valence-electron chi connectivity index (χ3n) is 2.23. The molecule has 0 unspecified atom stereocenters. The molecule has 0 aromatic carbocycles. The third-order valence-corrected chi connectivity index (χ3v) is 3.04. The van der Waals surface area contributed by atoms with E-state index in [0.29, 0.717) is 18.1 Å². The van der Waals surface area contributed by atoms with Gasteiger partial charge in [0.25, 0.3) is 15.2 Å². The van der Waals surface area contributed by atoms with Crippen molar-refractivity contribution in [2.24, 2.45) is 12.2 Å². The molecule has 0 fully saturated rings. The van der Waals surface area contributed by atoms with Crippen LogP contribution >= 0.6 is 0 Å². The van der Waals surface area contributed by atoms with Crippen molar-refractivity contribution in [3.05, 3.63) is 12.3 Å². The van der Waals surface area contributed by atoms with Gasteiger partial charge in [0.1, 0.15) is 5.69 Å². The van der Waals surface area contributed by atoms with Gasteiger partial charge in [-0.05, 0) is 13.0 Å². The molecule has 0 radical (unpaired) electrons. The molecule has 2 heterocycles. The lowest BCUT2D eigenvalue weighted by molar-refractivity contribution is 0.570. The average Bonchev–Trinajstić information content (AvgIpc) is 2.81. The highest BCUT2D eigenvalue weighted by atomic mass is 32.2. The molecule has 9 heteroatoms. The molecule has 0 saturated heterocycles. The number of primary sulfonamides is 1. The zero-order valence-electron chi connectivity index (χ0n) is 9.40. The maximum absolute atomic E-state index is 11.3. The summed E-state index contributed by atoms with van der Waals surface area (Å²) >= 11 is 0. The molecule has 0 aliphatic heterocycles. The molecule has 0 atom stereocenters. The van der Waals surface area contributed by atoms with Gasteiger partial charge in [-0.1, -0.05) is 0 Å². The molecular formula is C8H12N6O2S. The molecule has 2 aromatic rings. The van der Waals surface area contributed by atoms with Gasteiger partial charge in [0.2, 0.25) is 0 Å². The Kier molecular flexibility index (Phi) is 2.71. The summed E-state index contributed by atoms with van der Waals surface area (Å²) in [5.74, 6) is 0.386. The number of hydrogen-bond acceptors (Lipinski definition) is 5. The molecule has 2 aromatic heterocycles. The summed E-state index contributed by atoms with van der Waals surface area (Å²) in [4.78, 5) is 0. The predicted octanol–water partition coefficient (Wildman–Crippen LogP) is -0.654. The second kappa shape index (κ2) is 3.93. The van der Waals surface area contributed by atoms with E-state index in [-0.39, 0.29) is 5.16 Å². The molecule has 8 nitrogen and oxygen atoms in total. The van der Waals surface area contributed by atoms with E-state index in [1.54, 1.807) is 30.9 Å². The molecule has 0 spiro atoms. The maximum Gasteiger partial charge on any atom is 0.273 e. The number of nitrogens with zero attached hydrogens (tertiary/aromatic N) is 5. The van der Waals surface area contributed by atoms with Crippen LogP contribution in [0.15, 0.2) is 17.4 Å². The van der Waals surface area contributed by atoms with Crippen molar-refractivity contribution in [2.45, 2.75) is 18.6 Å². The number of hydrogen-bond donors (Lipinski definition) is 1. The van der Waals surface area contributed by atoms with Crippen LogP contribution in [-0.4, -0.2) is 33.0 Å². The van der Waals surface area contributed by atoms with E-state index in [1.165, 1.54) is 4.57 Å². The van der Waals surface area contributed by atoms with Gasteiger partial charge in [-0.3, -0.25) is 9.25 Å². The lowest BCUT2D eigenvalue weighted by atomic mass is 10.4. The van der Waals surface area contributed by atoms with Crippen LogP contribution in [0.25, 0.3) is 11.5 Å². The smallest absolute Gasteiger partial charge is 0.273 e. The fourth-order valence-corrected chi connectivity index (χ4v) is 2.19. The highest BCUT2D eigenvalue weighted by Crippen LogP contribution is 2.17. The van der Waals surface area contributed by atoms with Crippen LogP contribution in [0.1, 0.15) is 6.92 Å². The molecule has 17 heavy (non-hydrogen) atoms. The number of nitrogens with two attached hydrogens (primary N) is 1. The topological polar surface area (TPSA) is 109 Å². The Morgan fingerprint density at radius 3 is 2.59 bits per heavy atom. The zero-order chi connectivity index (χ0) is 12.6. The van der Waals surface area contributed by atoms with E-state index in [0.717, 1.165) is 0 Å². The molecule has 0 aliphatic carbocycles. The molecule has 0 aliphatic rings. The molecule has 0 amide bonds. The Labute approximate surface area is 98.1 Å². The minimum atomic E-state index is -3.87. The number of aryl methyl sites for hydroxylation is 1. The Morgan fingerprint density at radius 1 is 1.41 bits per heavy atom. The van der Waals surface area contributed by atoms with Crippen LogP contribution in [0.3, 0.4) is 0 Å². The average molecular weight is 256 g/mol. The van der Waals surface area contributed by atoms with Gasteiger partial charge in [0.05, 0.1) is 0 Å². The summed E-state index contributed by atoms with van der Waals surface area (Å²) in [5.41, 5.74) is 0.553. The molecule has 92 valence electrons. The first-order chi connectivity index (χ1) is 7.93. The second-order valence-electron chi connectivity index (χ2n) is 3.47. The summed E-state index contributed by atoms with van der Waals surface area (Å²) in [6, 6.07) is 1.73. The van der Waals surface area contributed by atoms with Crippen molar-refractivity contribution in [2.75, 3.05) is 0 Å². The maximum atomic E-state index is 11.3. The van der Waals surface area contributed by atoms with Crippen LogP contribution in [0, 0.1) is 0 Å². The second-order valence-corrected chi connectivity index (χ2v) is 4.93. The minimum absolute atomic E-state index is 0.249. The SMILES string of the molecule is CCn1c(-c2ccn(C)n2)nnc1S(N)(=O)=O. The van der Waals surface area contributed by atoms with E-state index in [1.807, 2.05) is 0 Å². The van der Waals surface area contributed by atoms with Crippen LogP contribution in [0.2, 0.25) is 0 Å². The number of sulfonamides is 1. The normalized spacial score (nSPS) is 11.9. The molecule has 0 saturated carbocycles. The first kappa shape index (κ1) is 11.7. The van der Waals surface area contributed by atoms with Crippen LogP contribution in [-0.2, 0) is 23.6 Å². The van der Waals surface area contributed by atoms with Gasteiger partial charge >= 0.3 is 0 Å². The van der Waals surface area contributed by atoms with Gasteiger partial charge in [-0.2, -0.15) is 5.10 Å². The highest BCUT2D eigenvalue weighted by Gasteiger charge is 2.21. The molecule has 2 N–H and O–H groups in total. The zero-order valence-corrected chi connectivity index (χ0v) is 10.2. The standard InChI is InChI=1S/C8H12N6O2S/c1-3-14-7(6-4-5-13(2)12-6)10-11-8(14)17(9,15)16/h4-5H,3H2,1-2H3,(H2,9,15,16). The fourth-order valence-electron chi connectivity index (χ4n) is 1.51.